The summed E-state index contributed by atoms with van der Waals surface area (Å²) in [4.78, 5) is 10.2. The topological polar surface area (TPSA) is 77.8 Å². The zero-order chi connectivity index (χ0) is 16.2. The second-order valence-corrected chi connectivity index (χ2v) is 5.53. The monoisotopic (exact) mass is 424 g/mol. The molecule has 0 aliphatic rings. The standard InChI is InChI=1S/C7H4BrFO2.C6H4BrFO2/c8-5-1-4(3-10)7(11)6(9)2-5;7-3-1-4(8)6(10)5(9)2-3/h1-3,11H;1-2,9-10H. The average Bonchev–Trinajstić information content (AvgIpc) is 2.40. The number of phenols is 3. The summed E-state index contributed by atoms with van der Waals surface area (Å²) in [5, 5.41) is 26.3. The van der Waals surface area contributed by atoms with Crippen LogP contribution < -0.4 is 0 Å². The fraction of sp³-hybridized carbons (Fsp3) is 0. The summed E-state index contributed by atoms with van der Waals surface area (Å²) in [6.07, 6.45) is 0.392. The molecule has 2 aromatic rings. The third-order valence-electron chi connectivity index (χ3n) is 2.19. The predicted octanol–water partition coefficient (Wildman–Crippen LogP) is 4.11. The van der Waals surface area contributed by atoms with Crippen LogP contribution in [0.2, 0.25) is 0 Å². The summed E-state index contributed by atoms with van der Waals surface area (Å²) in [5.74, 6) is -3.44. The molecule has 0 fully saturated rings. The molecule has 0 aromatic heterocycles. The quantitative estimate of drug-likeness (QED) is 0.474. The Morgan fingerprint density at radius 1 is 0.857 bits per heavy atom. The molecule has 2 aromatic carbocycles. The van der Waals surface area contributed by atoms with Gasteiger partial charge in [-0.05, 0) is 24.3 Å². The van der Waals surface area contributed by atoms with Gasteiger partial charge in [0.05, 0.1) is 5.56 Å². The number of benzene rings is 2. The first kappa shape index (κ1) is 17.4. The van der Waals surface area contributed by atoms with Gasteiger partial charge in [-0.1, -0.05) is 31.9 Å². The van der Waals surface area contributed by atoms with Crippen molar-refractivity contribution in [1.82, 2.24) is 0 Å². The van der Waals surface area contributed by atoms with Crippen LogP contribution in [-0.4, -0.2) is 21.6 Å². The molecule has 8 heteroatoms. The van der Waals surface area contributed by atoms with Crippen LogP contribution in [-0.2, 0) is 0 Å². The van der Waals surface area contributed by atoms with E-state index in [4.69, 9.17) is 15.3 Å². The third kappa shape index (κ3) is 4.68. The lowest BCUT2D eigenvalue weighted by molar-refractivity contribution is 0.112. The van der Waals surface area contributed by atoms with E-state index in [2.05, 4.69) is 31.9 Å². The number of halogens is 4. The first-order valence-corrected chi connectivity index (χ1v) is 6.85. The highest BCUT2D eigenvalue weighted by molar-refractivity contribution is 9.10. The fourth-order valence-corrected chi connectivity index (χ4v) is 2.09. The normalized spacial score (nSPS) is 9.71. The van der Waals surface area contributed by atoms with E-state index in [9.17, 15) is 13.6 Å². The minimum absolute atomic E-state index is 0.0584. The second kappa shape index (κ2) is 7.37. The molecule has 0 spiro atoms. The van der Waals surface area contributed by atoms with Crippen molar-refractivity contribution in [1.29, 1.82) is 0 Å². The van der Waals surface area contributed by atoms with Gasteiger partial charge in [0, 0.05) is 8.95 Å². The lowest BCUT2D eigenvalue weighted by Crippen LogP contribution is -1.85. The number of hydrogen-bond donors (Lipinski definition) is 3. The number of phenolic OH excluding ortho intramolecular Hbond substituents is 3. The van der Waals surface area contributed by atoms with Gasteiger partial charge < -0.3 is 15.3 Å². The molecule has 2 rings (SSSR count). The average molecular weight is 426 g/mol. The van der Waals surface area contributed by atoms with Gasteiger partial charge in [-0.15, -0.1) is 0 Å². The summed E-state index contributed by atoms with van der Waals surface area (Å²) in [7, 11) is 0. The predicted molar refractivity (Wildman–Crippen MR) is 78.6 cm³/mol. The molecular weight excluding hydrogens is 418 g/mol. The van der Waals surface area contributed by atoms with Crippen molar-refractivity contribution in [3.05, 3.63) is 50.4 Å². The Labute approximate surface area is 134 Å². The Morgan fingerprint density at radius 3 is 1.81 bits per heavy atom. The summed E-state index contributed by atoms with van der Waals surface area (Å²) in [5.41, 5.74) is -0.0584. The minimum atomic E-state index is -0.841. The lowest BCUT2D eigenvalue weighted by Gasteiger charge is -1.98. The highest BCUT2D eigenvalue weighted by atomic mass is 79.9. The van der Waals surface area contributed by atoms with Crippen LogP contribution in [0.5, 0.6) is 17.2 Å². The van der Waals surface area contributed by atoms with Crippen LogP contribution in [0.1, 0.15) is 10.4 Å². The van der Waals surface area contributed by atoms with Crippen LogP contribution in [0.25, 0.3) is 0 Å². The number of carbonyl (C=O) groups is 1. The highest BCUT2D eigenvalue weighted by Gasteiger charge is 2.07. The van der Waals surface area contributed by atoms with Crippen molar-refractivity contribution in [2.24, 2.45) is 0 Å². The van der Waals surface area contributed by atoms with Crippen molar-refractivity contribution in [2.45, 2.75) is 0 Å². The molecular formula is C13H8Br2F2O4. The molecule has 0 heterocycles. The molecule has 0 aliphatic carbocycles. The summed E-state index contributed by atoms with van der Waals surface area (Å²) in [6.45, 7) is 0. The van der Waals surface area contributed by atoms with Crippen molar-refractivity contribution in [3.8, 4) is 17.2 Å². The summed E-state index contributed by atoms with van der Waals surface area (Å²) >= 11 is 5.91. The molecule has 0 bridgehead atoms. The Kier molecular flexibility index (Phi) is 6.10. The molecule has 21 heavy (non-hydrogen) atoms. The third-order valence-corrected chi connectivity index (χ3v) is 3.11. The van der Waals surface area contributed by atoms with Crippen molar-refractivity contribution >= 4 is 38.1 Å². The van der Waals surface area contributed by atoms with Crippen LogP contribution in [0.3, 0.4) is 0 Å². The molecule has 0 radical (unpaired) electrons. The van der Waals surface area contributed by atoms with Crippen molar-refractivity contribution in [2.75, 3.05) is 0 Å². The molecule has 0 unspecified atom stereocenters. The van der Waals surface area contributed by atoms with Gasteiger partial charge in [0.15, 0.2) is 35.2 Å². The van der Waals surface area contributed by atoms with E-state index in [-0.39, 0.29) is 5.56 Å². The van der Waals surface area contributed by atoms with Gasteiger partial charge in [0.25, 0.3) is 0 Å². The fourth-order valence-electron chi connectivity index (χ4n) is 1.23. The molecule has 0 atom stereocenters. The Hall–Kier alpha value is -1.67. The zero-order valence-electron chi connectivity index (χ0n) is 10.1. The number of hydrogen-bond acceptors (Lipinski definition) is 4. The number of aldehydes is 1. The molecule has 0 saturated carbocycles. The van der Waals surface area contributed by atoms with Crippen LogP contribution in [0.15, 0.2) is 33.2 Å². The number of carbonyl (C=O) groups excluding carboxylic acids is 1. The largest absolute Gasteiger partial charge is 0.504 e. The summed E-state index contributed by atoms with van der Waals surface area (Å²) in [6, 6.07) is 4.70. The van der Waals surface area contributed by atoms with E-state index in [1.807, 2.05) is 0 Å². The van der Waals surface area contributed by atoms with E-state index in [1.54, 1.807) is 0 Å². The molecule has 4 nitrogen and oxygen atoms in total. The maximum Gasteiger partial charge on any atom is 0.194 e. The highest BCUT2D eigenvalue weighted by Crippen LogP contribution is 2.30. The first-order chi connectivity index (χ1) is 9.76. The first-order valence-electron chi connectivity index (χ1n) is 5.26. The van der Waals surface area contributed by atoms with E-state index in [0.717, 1.165) is 12.1 Å². The van der Waals surface area contributed by atoms with Gasteiger partial charge in [-0.25, -0.2) is 8.78 Å². The van der Waals surface area contributed by atoms with Gasteiger partial charge in [-0.2, -0.15) is 0 Å². The van der Waals surface area contributed by atoms with Crippen LogP contribution in [0.4, 0.5) is 8.78 Å². The lowest BCUT2D eigenvalue weighted by atomic mass is 10.2. The van der Waals surface area contributed by atoms with Crippen molar-refractivity contribution in [3.63, 3.8) is 0 Å². The van der Waals surface area contributed by atoms with E-state index >= 15 is 0 Å². The summed E-state index contributed by atoms with van der Waals surface area (Å²) < 4.78 is 25.8. The van der Waals surface area contributed by atoms with E-state index < -0.39 is 28.9 Å². The van der Waals surface area contributed by atoms with E-state index in [1.165, 1.54) is 12.1 Å². The smallest absolute Gasteiger partial charge is 0.194 e. The maximum absolute atomic E-state index is 12.6. The molecule has 0 aliphatic heterocycles. The van der Waals surface area contributed by atoms with Gasteiger partial charge in [0.1, 0.15) is 0 Å². The maximum atomic E-state index is 12.6. The van der Waals surface area contributed by atoms with E-state index in [0.29, 0.717) is 15.2 Å². The zero-order valence-corrected chi connectivity index (χ0v) is 13.3. The molecule has 112 valence electrons. The van der Waals surface area contributed by atoms with Gasteiger partial charge in [0.2, 0.25) is 0 Å². The second-order valence-electron chi connectivity index (χ2n) is 3.70. The van der Waals surface area contributed by atoms with Crippen molar-refractivity contribution < 1.29 is 28.9 Å². The van der Waals surface area contributed by atoms with Crippen LogP contribution >= 0.6 is 31.9 Å². The van der Waals surface area contributed by atoms with Gasteiger partial charge >= 0.3 is 0 Å². The number of aromatic hydroxyl groups is 3. The molecule has 3 N–H and O–H groups in total. The Balaban J connectivity index is 0.000000211. The van der Waals surface area contributed by atoms with Gasteiger partial charge in [-0.3, -0.25) is 4.79 Å². The SMILES string of the molecule is O=Cc1cc(Br)cc(F)c1O.Oc1cc(Br)cc(F)c1O. The molecule has 0 saturated heterocycles. The Bertz CT molecular complexity index is 654. The Morgan fingerprint density at radius 2 is 1.33 bits per heavy atom. The molecule has 0 amide bonds. The number of rotatable bonds is 1. The van der Waals surface area contributed by atoms with Crippen LogP contribution in [0, 0.1) is 11.6 Å². The minimum Gasteiger partial charge on any atom is -0.504 e.